The van der Waals surface area contributed by atoms with Gasteiger partial charge in [0.2, 0.25) is 0 Å². The Morgan fingerprint density at radius 1 is 0.887 bits per heavy atom. The SMILES string of the molecule is O=C(Nc1ccccc1-c1ccccc1)OC1CCN(Cc2cccc(Nc3ccc(CCNCC(O)c4ccc(O)c5[nH]c(=O)sc45)cc3)c2)CC1. The number of fused-ring (bicyclic) bond motifs is 1. The van der Waals surface area contributed by atoms with Crippen molar-refractivity contribution in [3.05, 3.63) is 142 Å². The average molecular weight is 730 g/mol. The van der Waals surface area contributed by atoms with E-state index in [9.17, 15) is 19.8 Å². The van der Waals surface area contributed by atoms with E-state index in [0.717, 1.165) is 78.4 Å². The lowest BCUT2D eigenvalue weighted by Gasteiger charge is -2.31. The summed E-state index contributed by atoms with van der Waals surface area (Å²) in [5, 5.41) is 30.5. The van der Waals surface area contributed by atoms with Gasteiger partial charge in [-0.3, -0.25) is 15.0 Å². The highest BCUT2D eigenvalue weighted by atomic mass is 32.1. The number of phenolic OH excluding ortho intramolecular Hbond substituents is 1. The molecule has 0 bridgehead atoms. The topological polar surface area (TPSA) is 139 Å². The lowest BCUT2D eigenvalue weighted by atomic mass is 10.0. The molecule has 1 aliphatic heterocycles. The van der Waals surface area contributed by atoms with Crippen LogP contribution in [0.1, 0.15) is 35.6 Å². The van der Waals surface area contributed by atoms with Crippen LogP contribution in [0.25, 0.3) is 21.3 Å². The van der Waals surface area contributed by atoms with E-state index in [2.05, 4.69) is 74.4 Å². The van der Waals surface area contributed by atoms with E-state index >= 15 is 0 Å². The summed E-state index contributed by atoms with van der Waals surface area (Å²) >= 11 is 0.986. The summed E-state index contributed by atoms with van der Waals surface area (Å²) in [5.74, 6) is -0.00236. The van der Waals surface area contributed by atoms with Crippen LogP contribution in [0.3, 0.4) is 0 Å². The number of nitrogens with zero attached hydrogens (tertiary/aromatic N) is 1. The third-order valence-corrected chi connectivity index (χ3v) is 10.4. The molecule has 1 saturated heterocycles. The van der Waals surface area contributed by atoms with Gasteiger partial charge in [0.25, 0.3) is 0 Å². The molecule has 1 aromatic heterocycles. The molecule has 2 heterocycles. The van der Waals surface area contributed by atoms with Gasteiger partial charge >= 0.3 is 11.0 Å². The monoisotopic (exact) mass is 729 g/mol. The number of likely N-dealkylation sites (tertiary alicyclic amines) is 1. The number of aromatic hydroxyl groups is 1. The first-order chi connectivity index (χ1) is 25.9. The number of ether oxygens (including phenoxy) is 1. The van der Waals surface area contributed by atoms with E-state index in [1.807, 2.05) is 54.6 Å². The van der Waals surface area contributed by atoms with E-state index in [1.165, 1.54) is 17.2 Å². The molecule has 0 radical (unpaired) electrons. The second-order valence-corrected chi connectivity index (χ2v) is 14.3. The Morgan fingerprint density at radius 2 is 1.66 bits per heavy atom. The second kappa shape index (κ2) is 16.9. The molecule has 0 spiro atoms. The summed E-state index contributed by atoms with van der Waals surface area (Å²) < 4.78 is 6.41. The van der Waals surface area contributed by atoms with Gasteiger partial charge in [0.05, 0.1) is 16.5 Å². The standard InChI is InChI=1S/C42H43N5O5S/c48-37-18-17-35(40-39(37)46-42(51)53-40)38(49)26-43-22-19-28-13-15-31(16-14-28)44-32-10-6-7-29(25-32)27-47-23-20-33(21-24-47)52-41(50)45-36-12-5-4-11-34(36)30-8-2-1-3-9-30/h1-18,25,33,38,43-44,48-49H,19-24,26-27H2,(H,45,50)(H,46,51). The van der Waals surface area contributed by atoms with Crippen molar-refractivity contribution in [3.63, 3.8) is 0 Å². The van der Waals surface area contributed by atoms with Gasteiger partial charge in [-0.2, -0.15) is 0 Å². The van der Waals surface area contributed by atoms with Gasteiger partial charge < -0.3 is 30.6 Å². The number of benzene rings is 5. The molecule has 10 nitrogen and oxygen atoms in total. The van der Waals surface area contributed by atoms with Crippen molar-refractivity contribution in [2.45, 2.75) is 38.0 Å². The summed E-state index contributed by atoms with van der Waals surface area (Å²) in [6.07, 6.45) is 1.02. The summed E-state index contributed by atoms with van der Waals surface area (Å²) in [6, 6.07) is 37.7. The van der Waals surface area contributed by atoms with Crippen molar-refractivity contribution in [2.24, 2.45) is 0 Å². The first-order valence-corrected chi connectivity index (χ1v) is 18.7. The molecule has 5 aromatic carbocycles. The van der Waals surface area contributed by atoms with E-state index < -0.39 is 12.2 Å². The van der Waals surface area contributed by atoms with Crippen molar-refractivity contribution in [1.82, 2.24) is 15.2 Å². The number of rotatable bonds is 13. The smallest absolute Gasteiger partial charge is 0.411 e. The maximum absolute atomic E-state index is 12.8. The second-order valence-electron chi connectivity index (χ2n) is 13.3. The third-order valence-electron chi connectivity index (χ3n) is 9.51. The molecule has 1 atom stereocenters. The fourth-order valence-corrected chi connectivity index (χ4v) is 7.67. The zero-order chi connectivity index (χ0) is 36.6. The highest BCUT2D eigenvalue weighted by Gasteiger charge is 2.23. The number of thiazole rings is 1. The van der Waals surface area contributed by atoms with Gasteiger partial charge in [0, 0.05) is 48.7 Å². The van der Waals surface area contributed by atoms with E-state index in [1.54, 1.807) is 6.07 Å². The molecule has 1 aliphatic rings. The molecule has 53 heavy (non-hydrogen) atoms. The van der Waals surface area contributed by atoms with Gasteiger partial charge in [-0.15, -0.1) is 0 Å². The number of hydrogen-bond donors (Lipinski definition) is 6. The van der Waals surface area contributed by atoms with Crippen LogP contribution in [-0.4, -0.2) is 58.5 Å². The molecule has 0 saturated carbocycles. The zero-order valence-corrected chi connectivity index (χ0v) is 30.1. The van der Waals surface area contributed by atoms with Gasteiger partial charge in [-0.05, 0) is 78.9 Å². The fourth-order valence-electron chi connectivity index (χ4n) is 6.75. The van der Waals surface area contributed by atoms with Crippen LogP contribution in [0.15, 0.2) is 120 Å². The number of aliphatic hydroxyl groups is 1. The Labute approximate surface area is 312 Å². The molecule has 6 aromatic rings. The number of piperidine rings is 1. The van der Waals surface area contributed by atoms with Crippen molar-refractivity contribution >= 4 is 44.7 Å². The maximum Gasteiger partial charge on any atom is 0.411 e. The molecule has 1 amide bonds. The Balaban J connectivity index is 0.833. The molecular formula is C42H43N5O5S. The number of carbonyl (C=O) groups is 1. The predicted octanol–water partition coefficient (Wildman–Crippen LogP) is 7.78. The van der Waals surface area contributed by atoms with Crippen molar-refractivity contribution < 1.29 is 19.7 Å². The quantitative estimate of drug-likeness (QED) is 0.0663. The average Bonchev–Trinajstić information content (AvgIpc) is 3.58. The number of nitrogens with one attached hydrogen (secondary N) is 4. The number of anilines is 3. The lowest BCUT2D eigenvalue weighted by molar-refractivity contribution is 0.0567. The number of aliphatic hydroxyl groups excluding tert-OH is 1. The number of aromatic nitrogens is 1. The summed E-state index contributed by atoms with van der Waals surface area (Å²) in [4.78, 5) is 29.4. The molecule has 11 heteroatoms. The molecular weight excluding hydrogens is 687 g/mol. The number of carbonyl (C=O) groups excluding carboxylic acids is 1. The number of hydrogen-bond acceptors (Lipinski definition) is 9. The molecule has 272 valence electrons. The van der Waals surface area contributed by atoms with Crippen molar-refractivity contribution in [3.8, 4) is 16.9 Å². The van der Waals surface area contributed by atoms with Crippen LogP contribution >= 0.6 is 11.3 Å². The molecule has 1 fully saturated rings. The van der Waals surface area contributed by atoms with Crippen LogP contribution in [0.2, 0.25) is 0 Å². The Bertz CT molecular complexity index is 2200. The first-order valence-electron chi connectivity index (χ1n) is 17.9. The summed E-state index contributed by atoms with van der Waals surface area (Å²) in [6.45, 7) is 3.53. The van der Waals surface area contributed by atoms with Gasteiger partial charge in [-0.25, -0.2) is 4.79 Å². The third kappa shape index (κ3) is 9.32. The van der Waals surface area contributed by atoms with Crippen LogP contribution < -0.4 is 20.8 Å². The fraction of sp³-hybridized carbons (Fsp3) is 0.238. The lowest BCUT2D eigenvalue weighted by Crippen LogP contribution is -2.38. The van der Waals surface area contributed by atoms with Gasteiger partial charge in [0.15, 0.2) is 0 Å². The maximum atomic E-state index is 12.8. The summed E-state index contributed by atoms with van der Waals surface area (Å²) in [5.41, 5.74) is 8.12. The summed E-state index contributed by atoms with van der Waals surface area (Å²) in [7, 11) is 0. The minimum Gasteiger partial charge on any atom is -0.506 e. The number of para-hydroxylation sites is 1. The van der Waals surface area contributed by atoms with Crippen LogP contribution in [-0.2, 0) is 17.7 Å². The normalized spacial score (nSPS) is 14.2. The number of amides is 1. The minimum atomic E-state index is -0.805. The van der Waals surface area contributed by atoms with Crippen molar-refractivity contribution in [2.75, 3.05) is 36.8 Å². The van der Waals surface area contributed by atoms with E-state index in [4.69, 9.17) is 4.74 Å². The number of phenols is 1. The molecule has 7 rings (SSSR count). The van der Waals surface area contributed by atoms with Crippen LogP contribution in [0.4, 0.5) is 21.9 Å². The van der Waals surface area contributed by atoms with E-state index in [-0.39, 0.29) is 16.7 Å². The molecule has 6 N–H and O–H groups in total. The molecule has 1 unspecified atom stereocenters. The Morgan fingerprint density at radius 3 is 2.47 bits per heavy atom. The Hall–Kier alpha value is -5.46. The van der Waals surface area contributed by atoms with Gasteiger partial charge in [-0.1, -0.05) is 90.2 Å². The highest BCUT2D eigenvalue weighted by Crippen LogP contribution is 2.31. The molecule has 0 aliphatic carbocycles. The first kappa shape index (κ1) is 35.9. The van der Waals surface area contributed by atoms with Crippen LogP contribution in [0.5, 0.6) is 5.75 Å². The van der Waals surface area contributed by atoms with E-state index in [0.29, 0.717) is 28.9 Å². The minimum absolute atomic E-state index is 0.00236. The Kier molecular flexibility index (Phi) is 11.5. The number of aromatic amines is 1. The van der Waals surface area contributed by atoms with Gasteiger partial charge in [0.1, 0.15) is 17.4 Å². The highest BCUT2D eigenvalue weighted by molar-refractivity contribution is 7.16. The predicted molar refractivity (Wildman–Crippen MR) is 212 cm³/mol. The number of H-pyrrole nitrogens is 1. The largest absolute Gasteiger partial charge is 0.506 e. The van der Waals surface area contributed by atoms with Crippen molar-refractivity contribution in [1.29, 1.82) is 0 Å². The van der Waals surface area contributed by atoms with Crippen LogP contribution in [0, 0.1) is 0 Å². The zero-order valence-electron chi connectivity index (χ0n) is 29.3.